The highest BCUT2D eigenvalue weighted by Gasteiger charge is 2.36. The molecule has 4 atom stereocenters. The maximum absolute atomic E-state index is 14.6. The van der Waals surface area contributed by atoms with E-state index in [9.17, 15) is 29.2 Å². The average molecular weight is 854 g/mol. The summed E-state index contributed by atoms with van der Waals surface area (Å²) in [6, 6.07) is 16.3. The third kappa shape index (κ3) is 13.5. The van der Waals surface area contributed by atoms with Gasteiger partial charge in [-0.3, -0.25) is 24.0 Å². The molecule has 0 aliphatic carbocycles. The van der Waals surface area contributed by atoms with Gasteiger partial charge in [-0.15, -0.1) is 0 Å². The number of hydrogen-bond acceptors (Lipinski definition) is 11. The predicted molar refractivity (Wildman–Crippen MR) is 241 cm³/mol. The van der Waals surface area contributed by atoms with Gasteiger partial charge >= 0.3 is 0 Å². The first kappa shape index (κ1) is 48.6. The van der Waals surface area contributed by atoms with Gasteiger partial charge in [0.05, 0.1) is 18.0 Å². The van der Waals surface area contributed by atoms with Crippen LogP contribution in [0.2, 0.25) is 0 Å². The van der Waals surface area contributed by atoms with Gasteiger partial charge in [0.25, 0.3) is 0 Å². The fourth-order valence-corrected chi connectivity index (χ4v) is 8.10. The molecule has 0 radical (unpaired) electrons. The van der Waals surface area contributed by atoms with E-state index in [4.69, 9.17) is 20.9 Å². The van der Waals surface area contributed by atoms with Crippen LogP contribution in [-0.2, 0) is 32.0 Å². The third-order valence-corrected chi connectivity index (χ3v) is 11.6. The van der Waals surface area contributed by atoms with E-state index >= 15 is 0 Å². The van der Waals surface area contributed by atoms with Crippen LogP contribution in [0.15, 0.2) is 54.6 Å². The number of thiol groups is 1. The molecule has 0 fully saturated rings. The number of benzene rings is 3. The topological polar surface area (TPSA) is 195 Å². The van der Waals surface area contributed by atoms with Crippen LogP contribution < -0.4 is 26.3 Å². The molecule has 1 aliphatic heterocycles. The second-order valence-corrected chi connectivity index (χ2v) is 16.4. The van der Waals surface area contributed by atoms with Gasteiger partial charge in [0.2, 0.25) is 11.8 Å². The lowest BCUT2D eigenvalue weighted by Gasteiger charge is -2.32. The monoisotopic (exact) mass is 853 g/mol. The number of likely N-dealkylation sites (N-methyl/N-ethyl adjacent to an activating group) is 1. The molecule has 5 N–H and O–H groups in total. The number of rotatable bonds is 21. The minimum absolute atomic E-state index is 0.0168. The van der Waals surface area contributed by atoms with E-state index in [2.05, 4.69) is 24.9 Å². The second-order valence-electron chi connectivity index (χ2n) is 16.0. The summed E-state index contributed by atoms with van der Waals surface area (Å²) >= 11 is 4.52. The molecule has 13 heteroatoms. The molecule has 3 aromatic carbocycles. The van der Waals surface area contributed by atoms with Gasteiger partial charge in [0.15, 0.2) is 17.3 Å². The van der Waals surface area contributed by atoms with Gasteiger partial charge < -0.3 is 31.2 Å². The van der Waals surface area contributed by atoms with Crippen molar-refractivity contribution in [3.63, 3.8) is 0 Å². The summed E-state index contributed by atoms with van der Waals surface area (Å²) in [6.07, 6.45) is 6.47. The van der Waals surface area contributed by atoms with Crippen molar-refractivity contribution in [2.24, 2.45) is 23.3 Å². The van der Waals surface area contributed by atoms with Crippen molar-refractivity contribution in [3.05, 3.63) is 82.4 Å². The summed E-state index contributed by atoms with van der Waals surface area (Å²) in [7, 11) is 1.53. The molecule has 61 heavy (non-hydrogen) atoms. The Morgan fingerprint density at radius 1 is 0.934 bits per heavy atom. The van der Waals surface area contributed by atoms with Crippen molar-refractivity contribution < 1.29 is 33.4 Å². The van der Waals surface area contributed by atoms with Gasteiger partial charge in [0, 0.05) is 74.2 Å². The number of unbranched alkanes of at least 4 members (excludes halogenated alkanes) is 4. The second kappa shape index (κ2) is 24.4. The van der Waals surface area contributed by atoms with Crippen LogP contribution in [-0.4, -0.2) is 79.2 Å². The van der Waals surface area contributed by atoms with E-state index < -0.39 is 41.5 Å². The highest BCUT2D eigenvalue weighted by molar-refractivity contribution is 7.80. The van der Waals surface area contributed by atoms with Crippen LogP contribution in [0.4, 0.5) is 0 Å². The number of nitriles is 1. The standard InChI is InChI=1S/C48H63N5O7S/c1-5-6-7-8-9-11-33-13-16-37(31(2)24-33)42(55)29-36(30-61)48(58)53(4)46-35-15-18-45(60-23-21-51)39(28-35)38-26-34(14-17-44(38)59-22-20-50)27-40(41(54)12-10-19-49)52-47(57)32(3)25-43(46)56/h13-18,24,26,28,32,36,40,46,61H,5-12,20-23,25,27,29-30,50-51H2,1-4H3,(H,52,57)/t32-,36+,40+,46+/m1/s1. The number of ether oxygens (including phenoxy) is 2. The number of carbonyl (C=O) groups is 5. The number of Topliss-reactive ketones (excluding diaryl/α,β-unsaturated/α-hetero) is 3. The summed E-state index contributed by atoms with van der Waals surface area (Å²) in [6.45, 7) is 6.55. The number of ketones is 3. The molecule has 4 rings (SSSR count). The van der Waals surface area contributed by atoms with E-state index in [0.29, 0.717) is 39.3 Å². The summed E-state index contributed by atoms with van der Waals surface area (Å²) in [5.74, 6) is -2.70. The quantitative estimate of drug-likeness (QED) is 0.0510. The van der Waals surface area contributed by atoms with Gasteiger partial charge in [-0.2, -0.15) is 17.9 Å². The Labute approximate surface area is 366 Å². The normalized spacial score (nSPS) is 17.0. The van der Waals surface area contributed by atoms with Crippen LogP contribution in [0.3, 0.4) is 0 Å². The number of fused-ring (bicyclic) bond motifs is 5. The van der Waals surface area contributed by atoms with Crippen LogP contribution in [0.1, 0.15) is 110 Å². The zero-order valence-electron chi connectivity index (χ0n) is 36.2. The smallest absolute Gasteiger partial charge is 0.227 e. The first-order valence-electron chi connectivity index (χ1n) is 21.5. The highest BCUT2D eigenvalue weighted by Crippen LogP contribution is 2.41. The van der Waals surface area contributed by atoms with Crippen LogP contribution in [0.25, 0.3) is 11.1 Å². The van der Waals surface area contributed by atoms with E-state index in [0.717, 1.165) is 18.4 Å². The van der Waals surface area contributed by atoms with E-state index in [1.165, 1.54) is 43.2 Å². The molecule has 0 saturated carbocycles. The van der Waals surface area contributed by atoms with Gasteiger partial charge in [-0.05, 0) is 72.7 Å². The Balaban J connectivity index is 1.77. The molecule has 2 amide bonds. The average Bonchev–Trinajstić information content (AvgIpc) is 3.25. The van der Waals surface area contributed by atoms with Crippen molar-refractivity contribution >= 4 is 41.8 Å². The van der Waals surface area contributed by atoms with Crippen LogP contribution in [0, 0.1) is 30.1 Å². The van der Waals surface area contributed by atoms with Crippen LogP contribution >= 0.6 is 12.6 Å². The van der Waals surface area contributed by atoms with Gasteiger partial charge in [-0.25, -0.2) is 0 Å². The Morgan fingerprint density at radius 2 is 1.61 bits per heavy atom. The first-order chi connectivity index (χ1) is 29.4. The molecule has 1 aliphatic rings. The van der Waals surface area contributed by atoms with Crippen molar-refractivity contribution in [2.75, 3.05) is 39.1 Å². The number of nitrogens with two attached hydrogens (primary N) is 2. The molecule has 0 spiro atoms. The Bertz CT molecular complexity index is 2050. The van der Waals surface area contributed by atoms with Crippen molar-refractivity contribution in [2.45, 2.75) is 103 Å². The molecule has 0 saturated heterocycles. The number of carbonyl (C=O) groups excluding carboxylic acids is 5. The molecule has 4 bridgehead atoms. The third-order valence-electron chi connectivity index (χ3n) is 11.2. The van der Waals surface area contributed by atoms with Gasteiger partial charge in [0.1, 0.15) is 30.8 Å². The molecule has 1 heterocycles. The SMILES string of the molecule is CCCCCCCc1ccc(C(=O)C[C@@H](CS)C(=O)N(C)[C@@H]2C(=O)C[C@@H](C)C(=O)N[C@H](C(=O)CCC#N)Cc3ccc(OCCN)c(c3)-c3cc2ccc3OCCN)c(C)c1. The minimum Gasteiger partial charge on any atom is -0.492 e. The first-order valence-corrected chi connectivity index (χ1v) is 22.2. The molecule has 328 valence electrons. The van der Waals surface area contributed by atoms with E-state index in [1.807, 2.05) is 37.3 Å². The lowest BCUT2D eigenvalue weighted by molar-refractivity contribution is -0.142. The van der Waals surface area contributed by atoms with E-state index in [1.54, 1.807) is 37.3 Å². The number of aryl methyl sites for hydroxylation is 2. The summed E-state index contributed by atoms with van der Waals surface area (Å²) in [5, 5.41) is 12.1. The Hall–Kier alpha value is -5.03. The van der Waals surface area contributed by atoms with Crippen molar-refractivity contribution in [3.8, 4) is 28.7 Å². The van der Waals surface area contributed by atoms with Crippen molar-refractivity contribution in [1.82, 2.24) is 10.2 Å². The largest absolute Gasteiger partial charge is 0.492 e. The van der Waals surface area contributed by atoms with E-state index in [-0.39, 0.29) is 75.7 Å². The zero-order valence-corrected chi connectivity index (χ0v) is 37.1. The molecular formula is C48H63N5O7S. The lowest BCUT2D eigenvalue weighted by atomic mass is 9.88. The molecule has 0 aromatic heterocycles. The fraction of sp³-hybridized carbons (Fsp3) is 0.500. The number of amides is 2. The maximum atomic E-state index is 14.6. The zero-order chi connectivity index (χ0) is 44.5. The predicted octanol–water partition coefficient (Wildman–Crippen LogP) is 6.68. The van der Waals surface area contributed by atoms with Crippen molar-refractivity contribution in [1.29, 1.82) is 5.26 Å². The fourth-order valence-electron chi connectivity index (χ4n) is 7.82. The molecule has 0 unspecified atom stereocenters. The lowest BCUT2D eigenvalue weighted by Crippen LogP contribution is -2.46. The Kier molecular flexibility index (Phi) is 19.5. The Morgan fingerprint density at radius 3 is 2.25 bits per heavy atom. The minimum atomic E-state index is -1.19. The number of nitrogens with one attached hydrogen (secondary N) is 1. The van der Waals surface area contributed by atoms with Crippen LogP contribution in [0.5, 0.6) is 11.5 Å². The highest BCUT2D eigenvalue weighted by atomic mass is 32.1. The summed E-state index contributed by atoms with van der Waals surface area (Å²) in [4.78, 5) is 71.5. The summed E-state index contributed by atoms with van der Waals surface area (Å²) < 4.78 is 12.2. The number of nitrogens with zero attached hydrogens (tertiary/aromatic N) is 2. The number of hydrogen-bond donors (Lipinski definition) is 4. The molecule has 12 nitrogen and oxygen atoms in total. The molecule has 3 aromatic rings. The molecular weight excluding hydrogens is 791 g/mol. The maximum Gasteiger partial charge on any atom is 0.227 e. The summed E-state index contributed by atoms with van der Waals surface area (Å²) in [5.41, 5.74) is 16.5. The van der Waals surface area contributed by atoms with Gasteiger partial charge in [-0.1, -0.05) is 69.9 Å².